The van der Waals surface area contributed by atoms with Crippen molar-refractivity contribution >= 4 is 0 Å². The molecular formula is C14H22N2O. The number of para-hydroxylation sites is 1. The number of nitrogens with zero attached hydrogens (tertiary/aromatic N) is 1. The van der Waals surface area contributed by atoms with E-state index in [4.69, 9.17) is 10.5 Å². The average Bonchev–Trinajstić information content (AvgIpc) is 2.27. The van der Waals surface area contributed by atoms with Crippen molar-refractivity contribution in [2.75, 3.05) is 26.2 Å². The summed E-state index contributed by atoms with van der Waals surface area (Å²) in [5, 5.41) is 0. The summed E-state index contributed by atoms with van der Waals surface area (Å²) < 4.78 is 5.66. The molecule has 1 aromatic rings. The van der Waals surface area contributed by atoms with Crippen molar-refractivity contribution in [3.8, 4) is 5.75 Å². The highest BCUT2D eigenvalue weighted by Gasteiger charge is 2.41. The first-order valence-corrected chi connectivity index (χ1v) is 6.29. The van der Waals surface area contributed by atoms with Crippen molar-refractivity contribution in [3.05, 3.63) is 30.3 Å². The monoisotopic (exact) mass is 234 g/mol. The third-order valence-corrected chi connectivity index (χ3v) is 3.61. The molecule has 3 heteroatoms. The summed E-state index contributed by atoms with van der Waals surface area (Å²) in [5.41, 5.74) is 6.26. The Labute approximate surface area is 104 Å². The Balaban J connectivity index is 1.66. The lowest BCUT2D eigenvalue weighted by atomic mass is 9.80. The Morgan fingerprint density at radius 1 is 1.29 bits per heavy atom. The molecule has 2 N–H and O–H groups in total. The van der Waals surface area contributed by atoms with Gasteiger partial charge < -0.3 is 10.5 Å². The molecule has 1 aliphatic rings. The van der Waals surface area contributed by atoms with Gasteiger partial charge in [-0.15, -0.1) is 0 Å². The smallest absolute Gasteiger partial charge is 0.119 e. The average molecular weight is 234 g/mol. The summed E-state index contributed by atoms with van der Waals surface area (Å²) in [5.74, 6) is 1.49. The van der Waals surface area contributed by atoms with Crippen LogP contribution in [0.5, 0.6) is 5.75 Å². The van der Waals surface area contributed by atoms with Gasteiger partial charge >= 0.3 is 0 Å². The fraction of sp³-hybridized carbons (Fsp3) is 0.571. The second-order valence-corrected chi connectivity index (χ2v) is 5.26. The van der Waals surface area contributed by atoms with E-state index in [1.165, 1.54) is 0 Å². The summed E-state index contributed by atoms with van der Waals surface area (Å²) in [6.07, 6.45) is 0. The summed E-state index contributed by atoms with van der Waals surface area (Å²) >= 11 is 0. The SMILES string of the molecule is CC(C)C1(N)CN(CCOc2ccccc2)C1. The standard InChI is InChI=1S/C14H22N2O/c1-12(2)14(15)10-16(11-14)8-9-17-13-6-4-3-5-7-13/h3-7,12H,8-11,15H2,1-2H3. The summed E-state index contributed by atoms with van der Waals surface area (Å²) in [4.78, 5) is 2.35. The maximum Gasteiger partial charge on any atom is 0.119 e. The van der Waals surface area contributed by atoms with Crippen molar-refractivity contribution < 1.29 is 4.74 Å². The fourth-order valence-electron chi connectivity index (χ4n) is 2.12. The molecule has 0 aromatic heterocycles. The van der Waals surface area contributed by atoms with Gasteiger partial charge in [-0.1, -0.05) is 32.0 Å². The molecule has 0 atom stereocenters. The minimum atomic E-state index is 0.0206. The van der Waals surface area contributed by atoms with E-state index in [1.807, 2.05) is 30.3 Å². The molecule has 0 aliphatic carbocycles. The zero-order valence-corrected chi connectivity index (χ0v) is 10.7. The first-order chi connectivity index (χ1) is 8.10. The quantitative estimate of drug-likeness (QED) is 0.843. The Kier molecular flexibility index (Phi) is 3.69. The fourth-order valence-corrected chi connectivity index (χ4v) is 2.12. The maximum atomic E-state index is 6.24. The second kappa shape index (κ2) is 5.07. The van der Waals surface area contributed by atoms with Crippen LogP contribution < -0.4 is 10.5 Å². The van der Waals surface area contributed by atoms with Crippen LogP contribution in [-0.2, 0) is 0 Å². The van der Waals surface area contributed by atoms with Crippen LogP contribution in [0.3, 0.4) is 0 Å². The lowest BCUT2D eigenvalue weighted by Gasteiger charge is -2.50. The van der Waals surface area contributed by atoms with Crippen LogP contribution in [0.15, 0.2) is 30.3 Å². The molecular weight excluding hydrogens is 212 g/mol. The lowest BCUT2D eigenvalue weighted by molar-refractivity contribution is 0.0282. The molecule has 1 heterocycles. The molecule has 0 saturated carbocycles. The largest absolute Gasteiger partial charge is 0.492 e. The van der Waals surface area contributed by atoms with Gasteiger partial charge in [0, 0.05) is 25.2 Å². The number of likely N-dealkylation sites (tertiary alicyclic amines) is 1. The van der Waals surface area contributed by atoms with Gasteiger partial charge in [-0.3, -0.25) is 4.90 Å². The van der Waals surface area contributed by atoms with Crippen molar-refractivity contribution in [1.82, 2.24) is 4.90 Å². The highest BCUT2D eigenvalue weighted by Crippen LogP contribution is 2.25. The number of nitrogens with two attached hydrogens (primary N) is 1. The molecule has 17 heavy (non-hydrogen) atoms. The predicted molar refractivity (Wildman–Crippen MR) is 70.1 cm³/mol. The highest BCUT2D eigenvalue weighted by atomic mass is 16.5. The molecule has 3 nitrogen and oxygen atoms in total. The molecule has 1 aromatic carbocycles. The zero-order chi connectivity index (χ0) is 12.3. The van der Waals surface area contributed by atoms with Gasteiger partial charge in [-0.05, 0) is 18.1 Å². The van der Waals surface area contributed by atoms with E-state index in [0.29, 0.717) is 5.92 Å². The van der Waals surface area contributed by atoms with Crippen LogP contribution in [0.25, 0.3) is 0 Å². The molecule has 1 aliphatic heterocycles. The van der Waals surface area contributed by atoms with Gasteiger partial charge in [-0.25, -0.2) is 0 Å². The van der Waals surface area contributed by atoms with E-state index in [2.05, 4.69) is 18.7 Å². The Morgan fingerprint density at radius 3 is 2.53 bits per heavy atom. The molecule has 2 rings (SSSR count). The summed E-state index contributed by atoms with van der Waals surface area (Å²) in [7, 11) is 0. The molecule has 0 amide bonds. The first kappa shape index (κ1) is 12.4. The first-order valence-electron chi connectivity index (χ1n) is 6.29. The third kappa shape index (κ3) is 2.99. The minimum Gasteiger partial charge on any atom is -0.492 e. The normalized spacial score (nSPS) is 19.1. The van der Waals surface area contributed by atoms with Gasteiger partial charge in [0.15, 0.2) is 0 Å². The van der Waals surface area contributed by atoms with E-state index < -0.39 is 0 Å². The predicted octanol–water partition coefficient (Wildman–Crippen LogP) is 1.73. The van der Waals surface area contributed by atoms with E-state index in [9.17, 15) is 0 Å². The number of benzene rings is 1. The van der Waals surface area contributed by atoms with Crippen LogP contribution in [0.4, 0.5) is 0 Å². The number of hydrogen-bond acceptors (Lipinski definition) is 3. The lowest BCUT2D eigenvalue weighted by Crippen LogP contribution is -2.70. The van der Waals surface area contributed by atoms with Crippen molar-refractivity contribution in [2.45, 2.75) is 19.4 Å². The van der Waals surface area contributed by atoms with Gasteiger partial charge in [0.1, 0.15) is 12.4 Å². The van der Waals surface area contributed by atoms with Gasteiger partial charge in [0.25, 0.3) is 0 Å². The summed E-state index contributed by atoms with van der Waals surface area (Å²) in [6, 6.07) is 9.94. The van der Waals surface area contributed by atoms with Crippen LogP contribution >= 0.6 is 0 Å². The molecule has 1 saturated heterocycles. The Hall–Kier alpha value is -1.06. The van der Waals surface area contributed by atoms with Crippen LogP contribution in [0.2, 0.25) is 0 Å². The molecule has 0 bridgehead atoms. The number of hydrogen-bond donors (Lipinski definition) is 1. The highest BCUT2D eigenvalue weighted by molar-refractivity contribution is 5.20. The molecule has 94 valence electrons. The zero-order valence-electron chi connectivity index (χ0n) is 10.7. The second-order valence-electron chi connectivity index (χ2n) is 5.26. The van der Waals surface area contributed by atoms with Gasteiger partial charge in [0.2, 0.25) is 0 Å². The number of rotatable bonds is 5. The maximum absolute atomic E-state index is 6.24. The number of ether oxygens (including phenoxy) is 1. The molecule has 0 spiro atoms. The molecule has 1 fully saturated rings. The molecule has 0 unspecified atom stereocenters. The molecule has 0 radical (unpaired) electrons. The van der Waals surface area contributed by atoms with Crippen molar-refractivity contribution in [2.24, 2.45) is 11.7 Å². The Bertz CT molecular complexity index is 344. The van der Waals surface area contributed by atoms with E-state index in [1.54, 1.807) is 0 Å². The van der Waals surface area contributed by atoms with Crippen LogP contribution in [0, 0.1) is 5.92 Å². The minimum absolute atomic E-state index is 0.0206. The van der Waals surface area contributed by atoms with Gasteiger partial charge in [0.05, 0.1) is 0 Å². The summed E-state index contributed by atoms with van der Waals surface area (Å²) in [6.45, 7) is 8.06. The van der Waals surface area contributed by atoms with E-state index in [-0.39, 0.29) is 5.54 Å². The van der Waals surface area contributed by atoms with E-state index in [0.717, 1.165) is 32.0 Å². The third-order valence-electron chi connectivity index (χ3n) is 3.61. The topological polar surface area (TPSA) is 38.5 Å². The van der Waals surface area contributed by atoms with E-state index >= 15 is 0 Å². The Morgan fingerprint density at radius 2 is 1.94 bits per heavy atom. The van der Waals surface area contributed by atoms with Crippen molar-refractivity contribution in [1.29, 1.82) is 0 Å². The van der Waals surface area contributed by atoms with Crippen LogP contribution in [-0.4, -0.2) is 36.7 Å². The van der Waals surface area contributed by atoms with Crippen LogP contribution in [0.1, 0.15) is 13.8 Å². The van der Waals surface area contributed by atoms with Gasteiger partial charge in [-0.2, -0.15) is 0 Å². The van der Waals surface area contributed by atoms with Crippen molar-refractivity contribution in [3.63, 3.8) is 0 Å².